The third-order valence-corrected chi connectivity index (χ3v) is 3.86. The van der Waals surface area contributed by atoms with Crippen molar-refractivity contribution in [3.05, 3.63) is 58.6 Å². The number of nitrogens with two attached hydrogens (primary N) is 1. The van der Waals surface area contributed by atoms with Gasteiger partial charge in [-0.15, -0.1) is 0 Å². The molecule has 0 atom stereocenters. The molecule has 112 valence electrons. The van der Waals surface area contributed by atoms with Gasteiger partial charge < -0.3 is 15.2 Å². The Morgan fingerprint density at radius 3 is 2.00 bits per heavy atom. The Morgan fingerprint density at radius 1 is 0.864 bits per heavy atom. The summed E-state index contributed by atoms with van der Waals surface area (Å²) in [5.74, 6) is 1.80. The van der Waals surface area contributed by atoms with Crippen molar-refractivity contribution in [1.82, 2.24) is 0 Å². The van der Waals surface area contributed by atoms with Gasteiger partial charge in [0.05, 0.1) is 17.2 Å². The van der Waals surface area contributed by atoms with Crippen LogP contribution in [-0.4, -0.2) is 7.11 Å². The predicted molar refractivity (Wildman–Crippen MR) is 91.4 cm³/mol. The first-order valence-corrected chi connectivity index (χ1v) is 7.34. The maximum absolute atomic E-state index is 6.18. The van der Waals surface area contributed by atoms with Crippen molar-refractivity contribution in [2.24, 2.45) is 0 Å². The predicted octanol–water partition coefficient (Wildman–Crippen LogP) is 5.53. The monoisotopic (exact) mass is 333 g/mol. The van der Waals surface area contributed by atoms with Gasteiger partial charge in [0, 0.05) is 16.5 Å². The summed E-state index contributed by atoms with van der Waals surface area (Å²) in [5, 5.41) is 2.59. The molecular weight excluding hydrogens is 321 g/mol. The molecule has 3 nitrogen and oxygen atoms in total. The van der Waals surface area contributed by atoms with Crippen LogP contribution in [0.4, 0.5) is 5.69 Å². The molecule has 22 heavy (non-hydrogen) atoms. The second-order valence-corrected chi connectivity index (χ2v) is 5.54. The lowest BCUT2D eigenvalue weighted by atomic mass is 10.1. The van der Waals surface area contributed by atoms with Gasteiger partial charge in [-0.1, -0.05) is 47.5 Å². The van der Waals surface area contributed by atoms with Crippen molar-refractivity contribution in [2.45, 2.75) is 0 Å². The molecule has 0 saturated carbocycles. The molecule has 2 N–H and O–H groups in total. The van der Waals surface area contributed by atoms with E-state index in [9.17, 15) is 0 Å². The van der Waals surface area contributed by atoms with Crippen molar-refractivity contribution in [3.63, 3.8) is 0 Å². The van der Waals surface area contributed by atoms with Gasteiger partial charge in [-0.3, -0.25) is 0 Å². The summed E-state index contributed by atoms with van der Waals surface area (Å²) in [6.07, 6.45) is 0. The summed E-state index contributed by atoms with van der Waals surface area (Å²) in [6, 6.07) is 14.7. The fourth-order valence-corrected chi connectivity index (χ4v) is 2.88. The molecule has 0 unspecified atom stereocenters. The number of hydrogen-bond donors (Lipinski definition) is 1. The Balaban J connectivity index is 2.13. The van der Waals surface area contributed by atoms with Crippen LogP contribution in [0.1, 0.15) is 0 Å². The molecule has 0 radical (unpaired) electrons. The highest BCUT2D eigenvalue weighted by molar-refractivity contribution is 6.37. The largest absolute Gasteiger partial charge is 0.496 e. The fraction of sp³-hybridized carbons (Fsp3) is 0.0588. The molecule has 0 saturated heterocycles. The SMILES string of the molecule is COc1ccc(Oc2c(Cl)cc(N)cc2Cl)c2ccccc12. The zero-order valence-corrected chi connectivity index (χ0v) is 13.3. The highest BCUT2D eigenvalue weighted by atomic mass is 35.5. The Hall–Kier alpha value is -2.10. The number of nitrogen functional groups attached to an aromatic ring is 1. The maximum atomic E-state index is 6.18. The molecular formula is C17H13Cl2NO2. The number of hydrogen-bond acceptors (Lipinski definition) is 3. The maximum Gasteiger partial charge on any atom is 0.164 e. The molecule has 0 heterocycles. The third-order valence-electron chi connectivity index (χ3n) is 3.30. The van der Waals surface area contributed by atoms with E-state index in [2.05, 4.69) is 0 Å². The number of anilines is 1. The normalized spacial score (nSPS) is 10.7. The second kappa shape index (κ2) is 5.95. The number of benzene rings is 3. The van der Waals surface area contributed by atoms with Crippen LogP contribution in [-0.2, 0) is 0 Å². The van der Waals surface area contributed by atoms with Crippen molar-refractivity contribution in [2.75, 3.05) is 12.8 Å². The molecule has 0 aliphatic rings. The van der Waals surface area contributed by atoms with E-state index in [1.807, 2.05) is 36.4 Å². The summed E-state index contributed by atoms with van der Waals surface area (Å²) in [5.41, 5.74) is 6.20. The van der Waals surface area contributed by atoms with Gasteiger partial charge >= 0.3 is 0 Å². The summed E-state index contributed by atoms with van der Waals surface area (Å²) < 4.78 is 11.3. The minimum atomic E-state index is 0.366. The highest BCUT2D eigenvalue weighted by Gasteiger charge is 2.13. The van der Waals surface area contributed by atoms with Gasteiger partial charge in [-0.2, -0.15) is 0 Å². The zero-order valence-electron chi connectivity index (χ0n) is 11.8. The van der Waals surface area contributed by atoms with Gasteiger partial charge in [-0.25, -0.2) is 0 Å². The first-order valence-electron chi connectivity index (χ1n) is 6.58. The van der Waals surface area contributed by atoms with Crippen LogP contribution in [0, 0.1) is 0 Å². The summed E-state index contributed by atoms with van der Waals surface area (Å²) >= 11 is 12.4. The molecule has 3 aromatic carbocycles. The molecule has 0 amide bonds. The molecule has 0 aliphatic heterocycles. The average molecular weight is 334 g/mol. The van der Waals surface area contributed by atoms with Crippen LogP contribution in [0.5, 0.6) is 17.2 Å². The van der Waals surface area contributed by atoms with Crippen molar-refractivity contribution < 1.29 is 9.47 Å². The van der Waals surface area contributed by atoms with E-state index in [1.54, 1.807) is 19.2 Å². The average Bonchev–Trinajstić information content (AvgIpc) is 2.50. The van der Waals surface area contributed by atoms with Crippen molar-refractivity contribution in [1.29, 1.82) is 0 Å². The van der Waals surface area contributed by atoms with Crippen LogP contribution >= 0.6 is 23.2 Å². The lowest BCUT2D eigenvalue weighted by Gasteiger charge is -2.14. The van der Waals surface area contributed by atoms with E-state index < -0.39 is 0 Å². The van der Waals surface area contributed by atoms with Crippen LogP contribution in [0.3, 0.4) is 0 Å². The van der Waals surface area contributed by atoms with E-state index in [-0.39, 0.29) is 0 Å². The number of fused-ring (bicyclic) bond motifs is 1. The number of ether oxygens (including phenoxy) is 2. The standard InChI is InChI=1S/C17H13Cl2NO2/c1-21-15-6-7-16(12-5-3-2-4-11(12)15)22-17-13(18)8-10(20)9-14(17)19/h2-9H,20H2,1H3. The molecule has 0 aliphatic carbocycles. The van der Waals surface area contributed by atoms with Crippen LogP contribution in [0.2, 0.25) is 10.0 Å². The van der Waals surface area contributed by atoms with E-state index in [4.69, 9.17) is 38.4 Å². The highest BCUT2D eigenvalue weighted by Crippen LogP contribution is 2.41. The van der Waals surface area contributed by atoms with Crippen LogP contribution in [0.15, 0.2) is 48.5 Å². The van der Waals surface area contributed by atoms with Gasteiger partial charge in [0.2, 0.25) is 0 Å². The molecule has 3 rings (SSSR count). The molecule has 0 spiro atoms. The lowest BCUT2D eigenvalue weighted by molar-refractivity contribution is 0.418. The Kier molecular flexibility index (Phi) is 4.01. The second-order valence-electron chi connectivity index (χ2n) is 4.73. The first-order chi connectivity index (χ1) is 10.6. The third kappa shape index (κ3) is 2.65. The topological polar surface area (TPSA) is 44.5 Å². The lowest BCUT2D eigenvalue weighted by Crippen LogP contribution is -1.92. The van der Waals surface area contributed by atoms with Gasteiger partial charge in [0.1, 0.15) is 11.5 Å². The zero-order chi connectivity index (χ0) is 15.7. The number of halogens is 2. The molecule has 0 aromatic heterocycles. The van der Waals surface area contributed by atoms with Gasteiger partial charge in [-0.05, 0) is 24.3 Å². The smallest absolute Gasteiger partial charge is 0.164 e. The summed E-state index contributed by atoms with van der Waals surface area (Å²) in [6.45, 7) is 0. The number of methoxy groups -OCH3 is 1. The van der Waals surface area contributed by atoms with Gasteiger partial charge in [0.25, 0.3) is 0 Å². The fourth-order valence-electron chi connectivity index (χ4n) is 2.30. The molecule has 0 fully saturated rings. The van der Waals surface area contributed by atoms with E-state index in [1.165, 1.54) is 0 Å². The van der Waals surface area contributed by atoms with E-state index in [0.29, 0.717) is 27.2 Å². The number of rotatable bonds is 3. The quantitative estimate of drug-likeness (QED) is 0.641. The first kappa shape index (κ1) is 14.8. The molecule has 3 aromatic rings. The minimum absolute atomic E-state index is 0.366. The Morgan fingerprint density at radius 2 is 1.41 bits per heavy atom. The van der Waals surface area contributed by atoms with Crippen LogP contribution in [0.25, 0.3) is 10.8 Å². The summed E-state index contributed by atoms with van der Waals surface area (Å²) in [7, 11) is 1.63. The van der Waals surface area contributed by atoms with Crippen molar-refractivity contribution >= 4 is 39.7 Å². The van der Waals surface area contributed by atoms with Crippen molar-refractivity contribution in [3.8, 4) is 17.2 Å². The summed E-state index contributed by atoms with van der Waals surface area (Å²) in [4.78, 5) is 0. The van der Waals surface area contributed by atoms with Crippen LogP contribution < -0.4 is 15.2 Å². The molecule has 0 bridgehead atoms. The van der Waals surface area contributed by atoms with E-state index in [0.717, 1.165) is 16.5 Å². The Labute approximate surface area is 138 Å². The molecule has 5 heteroatoms. The minimum Gasteiger partial charge on any atom is -0.496 e. The Bertz CT molecular complexity index is 826. The van der Waals surface area contributed by atoms with E-state index >= 15 is 0 Å². The van der Waals surface area contributed by atoms with Gasteiger partial charge in [0.15, 0.2) is 5.75 Å².